The van der Waals surface area contributed by atoms with Crippen LogP contribution in [0, 0.1) is 0 Å². The summed E-state index contributed by atoms with van der Waals surface area (Å²) in [7, 11) is 0. The average Bonchev–Trinajstić information content (AvgIpc) is 3.18. The van der Waals surface area contributed by atoms with Crippen molar-refractivity contribution in [2.45, 2.75) is 45.2 Å². The van der Waals surface area contributed by atoms with Crippen LogP contribution in [0.25, 0.3) is 33.2 Å². The van der Waals surface area contributed by atoms with E-state index < -0.39 is 0 Å². The van der Waals surface area contributed by atoms with E-state index in [0.717, 1.165) is 42.4 Å². The zero-order valence-electron chi connectivity index (χ0n) is 18.7. The topological polar surface area (TPSA) is 65.6 Å². The standard InChI is InChI=1S/C27H24ClN5O/c28-20-11-5-4-10-19(20)16-32-17-29-25-23(27(32)34)24-26(31-22-13-7-6-12-21(22)30-24)33(25)15-14-18-8-2-1-3-9-18/h4-8,10-13,17H,1-3,9,14-16H2. The van der Waals surface area contributed by atoms with E-state index in [1.165, 1.54) is 18.4 Å². The molecule has 0 spiro atoms. The Morgan fingerprint density at radius 2 is 1.74 bits per heavy atom. The summed E-state index contributed by atoms with van der Waals surface area (Å²) < 4.78 is 3.68. The second-order valence-electron chi connectivity index (χ2n) is 8.86. The highest BCUT2D eigenvalue weighted by Gasteiger charge is 2.20. The first-order valence-corrected chi connectivity index (χ1v) is 12.1. The van der Waals surface area contributed by atoms with Crippen molar-refractivity contribution in [2.75, 3.05) is 0 Å². The molecule has 0 bridgehead atoms. The summed E-state index contributed by atoms with van der Waals surface area (Å²) in [5, 5.41) is 1.14. The van der Waals surface area contributed by atoms with Gasteiger partial charge in [0.1, 0.15) is 17.2 Å². The first-order chi connectivity index (χ1) is 16.7. The Morgan fingerprint density at radius 3 is 2.53 bits per heavy atom. The van der Waals surface area contributed by atoms with Gasteiger partial charge in [-0.1, -0.05) is 53.6 Å². The largest absolute Gasteiger partial charge is 0.308 e. The SMILES string of the molecule is O=c1c2c3nc4ccccc4nc3n(CCC3=CCCCC3)c2ncn1Cc1ccccc1Cl. The number of hydrogen-bond acceptors (Lipinski definition) is 4. The van der Waals surface area contributed by atoms with E-state index in [-0.39, 0.29) is 5.56 Å². The van der Waals surface area contributed by atoms with Gasteiger partial charge in [-0.05, 0) is 55.9 Å². The number of benzene rings is 2. The van der Waals surface area contributed by atoms with Gasteiger partial charge < -0.3 is 4.57 Å². The fourth-order valence-electron chi connectivity index (χ4n) is 4.86. The Morgan fingerprint density at radius 1 is 0.941 bits per heavy atom. The number of halogens is 1. The number of aromatic nitrogens is 5. The molecule has 3 heterocycles. The van der Waals surface area contributed by atoms with Crippen molar-refractivity contribution < 1.29 is 0 Å². The minimum absolute atomic E-state index is 0.130. The fraction of sp³-hybridized carbons (Fsp3) is 0.259. The molecule has 0 atom stereocenters. The van der Waals surface area contributed by atoms with Crippen LogP contribution in [0.15, 0.2) is 71.3 Å². The van der Waals surface area contributed by atoms with Crippen molar-refractivity contribution in [1.29, 1.82) is 0 Å². The smallest absolute Gasteiger partial charge is 0.265 e. The maximum absolute atomic E-state index is 13.7. The molecular formula is C27H24ClN5O. The predicted molar refractivity (Wildman–Crippen MR) is 136 cm³/mol. The molecule has 1 aliphatic rings. The van der Waals surface area contributed by atoms with Gasteiger partial charge in [0.2, 0.25) is 0 Å². The van der Waals surface area contributed by atoms with Crippen LogP contribution in [-0.4, -0.2) is 24.1 Å². The molecule has 0 unspecified atom stereocenters. The fourth-order valence-corrected chi connectivity index (χ4v) is 5.06. The summed E-state index contributed by atoms with van der Waals surface area (Å²) >= 11 is 6.36. The molecule has 6 rings (SSSR count). The zero-order valence-corrected chi connectivity index (χ0v) is 19.5. The number of fused-ring (bicyclic) bond motifs is 4. The third-order valence-corrected chi connectivity index (χ3v) is 7.03. The van der Waals surface area contributed by atoms with Crippen molar-refractivity contribution in [3.05, 3.63) is 87.4 Å². The Bertz CT molecular complexity index is 1630. The highest BCUT2D eigenvalue weighted by Crippen LogP contribution is 2.27. The molecule has 170 valence electrons. The van der Waals surface area contributed by atoms with Crippen molar-refractivity contribution in [1.82, 2.24) is 24.1 Å². The molecule has 0 radical (unpaired) electrons. The van der Waals surface area contributed by atoms with Gasteiger partial charge in [0.15, 0.2) is 11.3 Å². The van der Waals surface area contributed by atoms with Gasteiger partial charge >= 0.3 is 0 Å². The summed E-state index contributed by atoms with van der Waals surface area (Å²) in [5.74, 6) is 0. The lowest BCUT2D eigenvalue weighted by Crippen LogP contribution is -2.21. The molecule has 7 heteroatoms. The zero-order chi connectivity index (χ0) is 23.1. The number of aryl methyl sites for hydroxylation is 1. The van der Waals surface area contributed by atoms with E-state index in [1.54, 1.807) is 10.9 Å². The third kappa shape index (κ3) is 3.68. The van der Waals surface area contributed by atoms with Crippen LogP contribution < -0.4 is 5.56 Å². The summed E-state index contributed by atoms with van der Waals surface area (Å²) in [6.07, 6.45) is 9.71. The Labute approximate surface area is 201 Å². The van der Waals surface area contributed by atoms with Gasteiger partial charge in [-0.3, -0.25) is 9.36 Å². The second kappa shape index (κ2) is 8.69. The van der Waals surface area contributed by atoms with Gasteiger partial charge in [0, 0.05) is 11.6 Å². The molecule has 0 N–H and O–H groups in total. The molecule has 0 aliphatic heterocycles. The number of nitrogens with zero attached hydrogens (tertiary/aromatic N) is 5. The van der Waals surface area contributed by atoms with Gasteiger partial charge in [-0.15, -0.1) is 0 Å². The minimum Gasteiger partial charge on any atom is -0.308 e. The molecule has 5 aromatic rings. The number of hydrogen-bond donors (Lipinski definition) is 0. The number of rotatable bonds is 5. The van der Waals surface area contributed by atoms with E-state index in [9.17, 15) is 4.79 Å². The quantitative estimate of drug-likeness (QED) is 0.301. The van der Waals surface area contributed by atoms with Crippen molar-refractivity contribution in [2.24, 2.45) is 0 Å². The van der Waals surface area contributed by atoms with Gasteiger partial charge in [-0.2, -0.15) is 0 Å². The van der Waals surface area contributed by atoms with Crippen molar-refractivity contribution in [3.63, 3.8) is 0 Å². The molecule has 3 aromatic heterocycles. The summed E-state index contributed by atoms with van der Waals surface area (Å²) in [4.78, 5) is 28.2. The molecule has 0 fully saturated rings. The second-order valence-corrected chi connectivity index (χ2v) is 9.27. The highest BCUT2D eigenvalue weighted by atomic mass is 35.5. The van der Waals surface area contributed by atoms with E-state index in [4.69, 9.17) is 26.6 Å². The van der Waals surface area contributed by atoms with E-state index >= 15 is 0 Å². The molecular weight excluding hydrogens is 446 g/mol. The molecule has 2 aromatic carbocycles. The van der Waals surface area contributed by atoms with Crippen LogP contribution in [0.5, 0.6) is 0 Å². The van der Waals surface area contributed by atoms with Crippen molar-refractivity contribution >= 4 is 44.8 Å². The molecule has 0 amide bonds. The van der Waals surface area contributed by atoms with E-state index in [2.05, 4.69) is 10.6 Å². The van der Waals surface area contributed by atoms with Crippen LogP contribution in [0.2, 0.25) is 5.02 Å². The van der Waals surface area contributed by atoms with Gasteiger partial charge in [-0.25, -0.2) is 15.0 Å². The molecule has 6 nitrogen and oxygen atoms in total. The van der Waals surface area contributed by atoms with Crippen LogP contribution >= 0.6 is 11.6 Å². The number of para-hydroxylation sites is 2. The van der Waals surface area contributed by atoms with Crippen LogP contribution in [0.4, 0.5) is 0 Å². The maximum atomic E-state index is 13.7. The lowest BCUT2D eigenvalue weighted by Gasteiger charge is -2.13. The molecule has 34 heavy (non-hydrogen) atoms. The lowest BCUT2D eigenvalue weighted by atomic mass is 9.97. The minimum atomic E-state index is -0.130. The van der Waals surface area contributed by atoms with Gasteiger partial charge in [0.05, 0.1) is 17.6 Å². The monoisotopic (exact) mass is 469 g/mol. The molecule has 1 aliphatic carbocycles. The predicted octanol–water partition coefficient (Wildman–Crippen LogP) is 5.89. The first-order valence-electron chi connectivity index (χ1n) is 11.7. The lowest BCUT2D eigenvalue weighted by molar-refractivity contribution is 0.637. The van der Waals surface area contributed by atoms with E-state index in [1.807, 2.05) is 48.5 Å². The number of allylic oxidation sites excluding steroid dienone is 2. The van der Waals surface area contributed by atoms with E-state index in [0.29, 0.717) is 33.8 Å². The molecule has 0 saturated heterocycles. The Kier molecular flexibility index (Phi) is 5.38. The normalized spacial score (nSPS) is 14.2. The average molecular weight is 470 g/mol. The summed E-state index contributed by atoms with van der Waals surface area (Å²) in [5.41, 5.74) is 5.76. The van der Waals surface area contributed by atoms with Gasteiger partial charge in [0.25, 0.3) is 5.56 Å². The van der Waals surface area contributed by atoms with Crippen LogP contribution in [0.1, 0.15) is 37.7 Å². The Balaban J connectivity index is 1.54. The van der Waals surface area contributed by atoms with Crippen LogP contribution in [-0.2, 0) is 13.1 Å². The van der Waals surface area contributed by atoms with Crippen LogP contribution in [0.3, 0.4) is 0 Å². The maximum Gasteiger partial charge on any atom is 0.265 e. The molecule has 0 saturated carbocycles. The van der Waals surface area contributed by atoms with Crippen molar-refractivity contribution in [3.8, 4) is 0 Å². The first kappa shape index (κ1) is 21.1. The third-order valence-electron chi connectivity index (χ3n) is 6.66. The highest BCUT2D eigenvalue weighted by molar-refractivity contribution is 6.31. The Hall–Kier alpha value is -3.51. The summed E-state index contributed by atoms with van der Waals surface area (Å²) in [6, 6.07) is 15.3. The summed E-state index contributed by atoms with van der Waals surface area (Å²) in [6.45, 7) is 1.07.